The van der Waals surface area contributed by atoms with Crippen molar-refractivity contribution in [3.05, 3.63) is 23.8 Å². The fraction of sp³-hybridized carbons (Fsp3) is 0.647. The Morgan fingerprint density at radius 2 is 1.78 bits per heavy atom. The van der Waals surface area contributed by atoms with E-state index in [1.807, 2.05) is 19.1 Å². The van der Waals surface area contributed by atoms with Crippen LogP contribution in [-0.2, 0) is 9.47 Å². The zero-order valence-electron chi connectivity index (χ0n) is 14.5. The molecular weight excluding hydrogens is 296 g/mol. The maximum absolute atomic E-state index is 10.4. The highest BCUT2D eigenvalue weighted by atomic mass is 16.5. The van der Waals surface area contributed by atoms with Gasteiger partial charge in [0.1, 0.15) is 5.75 Å². The number of aliphatic hydroxyl groups excluding tert-OH is 1. The number of methoxy groups -OCH3 is 2. The minimum absolute atomic E-state index is 0.555. The first kappa shape index (κ1) is 19.7. The molecule has 132 valence electrons. The number of ether oxygens (including phenoxy) is 3. The second-order valence-corrected chi connectivity index (χ2v) is 5.36. The predicted molar refractivity (Wildman–Crippen MR) is 91.8 cm³/mol. The quantitative estimate of drug-likeness (QED) is 0.569. The van der Waals surface area contributed by atoms with E-state index in [1.165, 1.54) is 0 Å². The van der Waals surface area contributed by atoms with Crippen molar-refractivity contribution in [2.75, 3.05) is 59.4 Å². The van der Waals surface area contributed by atoms with Crippen LogP contribution in [0.25, 0.3) is 0 Å². The van der Waals surface area contributed by atoms with E-state index >= 15 is 0 Å². The van der Waals surface area contributed by atoms with Crippen LogP contribution in [-0.4, -0.2) is 63.7 Å². The molecule has 0 saturated heterocycles. The molecule has 1 unspecified atom stereocenters. The van der Waals surface area contributed by atoms with Crippen LogP contribution >= 0.6 is 0 Å². The number of benzene rings is 1. The van der Waals surface area contributed by atoms with Crippen molar-refractivity contribution in [2.24, 2.45) is 0 Å². The molecule has 0 saturated carbocycles. The number of aliphatic hydroxyl groups is 1. The lowest BCUT2D eigenvalue weighted by Crippen LogP contribution is -2.32. The highest BCUT2D eigenvalue weighted by molar-refractivity contribution is 5.54. The molecule has 0 aliphatic carbocycles. The molecule has 0 fully saturated rings. The molecule has 0 amide bonds. The number of anilines is 1. The summed E-state index contributed by atoms with van der Waals surface area (Å²) in [5, 5.41) is 10.4. The van der Waals surface area contributed by atoms with Gasteiger partial charge < -0.3 is 25.1 Å². The van der Waals surface area contributed by atoms with Crippen LogP contribution in [0.5, 0.6) is 5.75 Å². The Morgan fingerprint density at radius 3 is 2.30 bits per heavy atom. The predicted octanol–water partition coefficient (Wildman–Crippen LogP) is 1.69. The number of rotatable bonds is 12. The molecule has 0 radical (unpaired) electrons. The van der Waals surface area contributed by atoms with Crippen molar-refractivity contribution in [1.82, 2.24) is 4.90 Å². The lowest BCUT2D eigenvalue weighted by molar-refractivity contribution is 0.0945. The monoisotopic (exact) mass is 326 g/mol. The molecule has 0 spiro atoms. The Labute approximate surface area is 139 Å². The van der Waals surface area contributed by atoms with Gasteiger partial charge in [-0.25, -0.2) is 0 Å². The summed E-state index contributed by atoms with van der Waals surface area (Å²) in [6.07, 6.45) is 0.0708. The van der Waals surface area contributed by atoms with E-state index in [4.69, 9.17) is 19.9 Å². The van der Waals surface area contributed by atoms with E-state index in [0.717, 1.165) is 25.2 Å². The highest BCUT2D eigenvalue weighted by Crippen LogP contribution is 2.27. The van der Waals surface area contributed by atoms with E-state index in [2.05, 4.69) is 4.90 Å². The summed E-state index contributed by atoms with van der Waals surface area (Å²) in [5.41, 5.74) is 7.32. The largest absolute Gasteiger partial charge is 0.492 e. The van der Waals surface area contributed by atoms with Gasteiger partial charge in [0.05, 0.1) is 31.6 Å². The maximum atomic E-state index is 10.4. The summed E-state index contributed by atoms with van der Waals surface area (Å²) < 4.78 is 15.7. The summed E-state index contributed by atoms with van der Waals surface area (Å²) in [6, 6.07) is 5.45. The third-order valence-electron chi connectivity index (χ3n) is 3.66. The third-order valence-corrected chi connectivity index (χ3v) is 3.66. The first-order valence-electron chi connectivity index (χ1n) is 8.02. The number of nitrogen functional groups attached to an aromatic ring is 1. The standard InChI is InChI=1S/C17H30N2O4/c1-4-23-17-6-5-14(13-15(17)18)16(20)7-8-19(9-11-21-2)10-12-22-3/h5-6,13,16,20H,4,7-12,18H2,1-3H3. The number of hydrogen-bond donors (Lipinski definition) is 2. The Morgan fingerprint density at radius 1 is 1.13 bits per heavy atom. The smallest absolute Gasteiger partial charge is 0.142 e. The van der Waals surface area contributed by atoms with Gasteiger partial charge in [-0.2, -0.15) is 0 Å². The Kier molecular flexibility index (Phi) is 9.63. The van der Waals surface area contributed by atoms with E-state index in [9.17, 15) is 5.11 Å². The lowest BCUT2D eigenvalue weighted by atomic mass is 10.1. The Hall–Kier alpha value is -1.34. The maximum Gasteiger partial charge on any atom is 0.142 e. The molecule has 23 heavy (non-hydrogen) atoms. The average Bonchev–Trinajstić information content (AvgIpc) is 2.55. The van der Waals surface area contributed by atoms with Crippen LogP contribution in [0.2, 0.25) is 0 Å². The molecule has 0 aliphatic heterocycles. The molecule has 3 N–H and O–H groups in total. The molecule has 6 heteroatoms. The summed E-state index contributed by atoms with van der Waals surface area (Å²) in [7, 11) is 3.37. The van der Waals surface area contributed by atoms with Crippen LogP contribution in [0.4, 0.5) is 5.69 Å². The molecule has 1 aromatic rings. The van der Waals surface area contributed by atoms with E-state index < -0.39 is 6.10 Å². The van der Waals surface area contributed by atoms with Crippen molar-refractivity contribution < 1.29 is 19.3 Å². The molecule has 1 rings (SSSR count). The minimum Gasteiger partial charge on any atom is -0.492 e. The molecule has 0 bridgehead atoms. The Balaban J connectivity index is 2.55. The first-order chi connectivity index (χ1) is 11.1. The summed E-state index contributed by atoms with van der Waals surface area (Å²) >= 11 is 0. The summed E-state index contributed by atoms with van der Waals surface area (Å²) in [4.78, 5) is 2.22. The van der Waals surface area contributed by atoms with Gasteiger partial charge in [0.15, 0.2) is 0 Å². The molecule has 0 heterocycles. The second-order valence-electron chi connectivity index (χ2n) is 5.36. The number of nitrogens with two attached hydrogens (primary N) is 1. The summed E-state index contributed by atoms with van der Waals surface area (Å²) in [5.74, 6) is 0.658. The SMILES string of the molecule is CCOc1ccc(C(O)CCN(CCOC)CCOC)cc1N. The van der Waals surface area contributed by atoms with Gasteiger partial charge in [-0.15, -0.1) is 0 Å². The van der Waals surface area contributed by atoms with Crippen LogP contribution < -0.4 is 10.5 Å². The number of nitrogens with zero attached hydrogens (tertiary/aromatic N) is 1. The van der Waals surface area contributed by atoms with Crippen molar-refractivity contribution in [2.45, 2.75) is 19.4 Å². The van der Waals surface area contributed by atoms with E-state index in [-0.39, 0.29) is 0 Å². The van der Waals surface area contributed by atoms with Gasteiger partial charge in [-0.3, -0.25) is 4.90 Å². The molecule has 1 aromatic carbocycles. The zero-order chi connectivity index (χ0) is 17.1. The average molecular weight is 326 g/mol. The lowest BCUT2D eigenvalue weighted by Gasteiger charge is -2.23. The molecule has 0 aromatic heterocycles. The minimum atomic E-state index is -0.555. The van der Waals surface area contributed by atoms with Crippen molar-refractivity contribution in [3.63, 3.8) is 0 Å². The second kappa shape index (κ2) is 11.2. The molecule has 0 aliphatic rings. The molecule has 1 atom stereocenters. The van der Waals surface area contributed by atoms with Crippen molar-refractivity contribution >= 4 is 5.69 Å². The van der Waals surface area contributed by atoms with Gasteiger partial charge in [-0.05, 0) is 31.0 Å². The van der Waals surface area contributed by atoms with Gasteiger partial charge >= 0.3 is 0 Å². The van der Waals surface area contributed by atoms with Crippen LogP contribution in [0.1, 0.15) is 25.0 Å². The van der Waals surface area contributed by atoms with Crippen molar-refractivity contribution in [3.8, 4) is 5.75 Å². The van der Waals surface area contributed by atoms with Gasteiger partial charge in [0, 0.05) is 33.9 Å². The van der Waals surface area contributed by atoms with Gasteiger partial charge in [0.2, 0.25) is 0 Å². The number of hydrogen-bond acceptors (Lipinski definition) is 6. The third kappa shape index (κ3) is 7.18. The first-order valence-corrected chi connectivity index (χ1v) is 8.02. The zero-order valence-corrected chi connectivity index (χ0v) is 14.5. The van der Waals surface area contributed by atoms with E-state index in [0.29, 0.717) is 37.7 Å². The topological polar surface area (TPSA) is 77.2 Å². The highest BCUT2D eigenvalue weighted by Gasteiger charge is 2.13. The fourth-order valence-corrected chi connectivity index (χ4v) is 2.31. The summed E-state index contributed by atoms with van der Waals surface area (Å²) in [6.45, 7) is 6.21. The molecule has 6 nitrogen and oxygen atoms in total. The van der Waals surface area contributed by atoms with Crippen LogP contribution in [0.3, 0.4) is 0 Å². The van der Waals surface area contributed by atoms with Crippen LogP contribution in [0, 0.1) is 0 Å². The van der Waals surface area contributed by atoms with Crippen molar-refractivity contribution in [1.29, 1.82) is 0 Å². The molecular formula is C17H30N2O4. The van der Waals surface area contributed by atoms with Crippen LogP contribution in [0.15, 0.2) is 18.2 Å². The van der Waals surface area contributed by atoms with Gasteiger partial charge in [-0.1, -0.05) is 6.07 Å². The van der Waals surface area contributed by atoms with E-state index in [1.54, 1.807) is 20.3 Å². The van der Waals surface area contributed by atoms with Gasteiger partial charge in [0.25, 0.3) is 0 Å². The normalized spacial score (nSPS) is 12.6. The Bertz CT molecular complexity index is 435. The fourth-order valence-electron chi connectivity index (χ4n) is 2.31.